The molecule has 4 saturated carbocycles. The maximum Gasteiger partial charge on any atom is 0.311 e. The molecule has 2 saturated heterocycles. The molecule has 15 rings (SSSR count). The Bertz CT molecular complexity index is 4700. The Kier molecular flexibility index (Phi) is 27.9. The van der Waals surface area contributed by atoms with Gasteiger partial charge in [0.2, 0.25) is 5.91 Å². The number of likely N-dealkylation sites (tertiary alicyclic amines) is 2. The van der Waals surface area contributed by atoms with Crippen LogP contribution in [0.4, 0.5) is 0 Å². The maximum atomic E-state index is 13.3. The number of Topliss-reactive ketones (excluding diaryl/α,β-unsaturated/α-hetero) is 1. The number of nitrogens with one attached hydrogen (secondary N) is 4. The number of fused-ring (bicyclic) bond motifs is 3. The molecular formula is C89H103N9O13. The molecule has 22 heteroatoms. The second-order valence-corrected chi connectivity index (χ2v) is 29.6. The van der Waals surface area contributed by atoms with Crippen molar-refractivity contribution in [3.63, 3.8) is 0 Å². The number of aromatic nitrogens is 3. The molecule has 5 heterocycles. The summed E-state index contributed by atoms with van der Waals surface area (Å²) in [5, 5.41) is 21.5. The first-order chi connectivity index (χ1) is 54.0. The summed E-state index contributed by atoms with van der Waals surface area (Å²) in [7, 11) is 0. The first-order valence-electron chi connectivity index (χ1n) is 39.5. The van der Waals surface area contributed by atoms with Gasteiger partial charge in [-0.3, -0.25) is 63.5 Å². The summed E-state index contributed by atoms with van der Waals surface area (Å²) in [5.41, 5.74) is 12.0. The van der Waals surface area contributed by atoms with Crippen molar-refractivity contribution >= 4 is 74.1 Å². The lowest BCUT2D eigenvalue weighted by Gasteiger charge is -2.47. The fourth-order valence-corrected chi connectivity index (χ4v) is 15.6. The molecule has 8 atom stereocenters. The second kappa shape index (κ2) is 38.8. The lowest BCUT2D eigenvalue weighted by atomic mass is 9.78. The second-order valence-electron chi connectivity index (χ2n) is 29.6. The van der Waals surface area contributed by atoms with E-state index in [0.29, 0.717) is 86.0 Å². The van der Waals surface area contributed by atoms with Crippen molar-refractivity contribution in [2.24, 2.45) is 17.8 Å². The van der Waals surface area contributed by atoms with Gasteiger partial charge in [0.15, 0.2) is 5.78 Å². The standard InChI is InChI=1S/C30H35N3O4.C28H32N4O4.C27H28N2O5.C4H8/c1-3-36-30(35)25-9-6-11-27(33-16-7-17-33)28(25)32-29(34)21-12-14-23(15-13-21)37-19-22-18-20(2)31-26-10-5-4-8-24(22)26;1-18-16-20(22-6-2-3-8-24(22)29-18)17-36-21-12-10-19(11-13-21)27(33)30-26-23(28(34)31-35)7-4-9-25(26)32-14-5-15-32;1-3-33-27(32)22-8-6-10-24(30)25(22)29-26(31)18-11-13-20(14-12-18)34-16-19-15-17(2)28-23-9-5-4-7-21(19)23;1-2-4-3-1/h4-5,8,10,12-15,18,25,27-28H,3,6-7,9,11,16-17,19H2,1-2H3,(H,32,34);2-3,6,8,10-13,16,23,25-26,35H,4-5,7,9,14-15,17H2,1H3,(H,30,33)(H,31,34);4-5,7,9,11-15,22,25H,3,6,8,10,16H2,1-2H3,(H,29,31);1-4H2/t25-,27+,28?;23-,25+,26?;22-,25?;/m000./s1. The summed E-state index contributed by atoms with van der Waals surface area (Å²) in [5.74, 6) is -1.48. The summed E-state index contributed by atoms with van der Waals surface area (Å²) < 4.78 is 28.5. The van der Waals surface area contributed by atoms with Gasteiger partial charge in [0, 0.05) is 85.1 Å². The minimum Gasteiger partial charge on any atom is -0.489 e. The summed E-state index contributed by atoms with van der Waals surface area (Å²) in [6.07, 6.45) is 14.9. The highest BCUT2D eigenvalue weighted by molar-refractivity contribution is 6.00. The van der Waals surface area contributed by atoms with Crippen LogP contribution in [0, 0.1) is 38.5 Å². The van der Waals surface area contributed by atoms with Crippen molar-refractivity contribution in [2.75, 3.05) is 39.4 Å². The molecule has 6 aliphatic rings. The van der Waals surface area contributed by atoms with E-state index in [1.807, 2.05) is 125 Å². The minimum atomic E-state index is -0.862. The number of benzene rings is 6. The molecule has 2 aliphatic heterocycles. The van der Waals surface area contributed by atoms with E-state index in [1.165, 1.54) is 25.7 Å². The Labute approximate surface area is 649 Å². The fraction of sp³-hybridized carbons (Fsp3) is 0.416. The third kappa shape index (κ3) is 20.7. The molecule has 0 radical (unpaired) electrons. The molecule has 6 aromatic carbocycles. The van der Waals surface area contributed by atoms with Crippen LogP contribution >= 0.6 is 0 Å². The van der Waals surface area contributed by atoms with Crippen LogP contribution in [0.25, 0.3) is 32.7 Å². The van der Waals surface area contributed by atoms with E-state index in [-0.39, 0.29) is 60.3 Å². The molecule has 4 aliphatic carbocycles. The smallest absolute Gasteiger partial charge is 0.311 e. The molecule has 0 bridgehead atoms. The summed E-state index contributed by atoms with van der Waals surface area (Å²) in [6, 6.07) is 49.8. The van der Waals surface area contributed by atoms with Crippen LogP contribution in [0.2, 0.25) is 0 Å². The Morgan fingerprint density at radius 1 is 0.423 bits per heavy atom. The number of ether oxygens (including phenoxy) is 5. The Morgan fingerprint density at radius 2 is 0.775 bits per heavy atom. The van der Waals surface area contributed by atoms with Gasteiger partial charge in [-0.2, -0.15) is 0 Å². The molecule has 3 unspecified atom stereocenters. The minimum absolute atomic E-state index is 0.0972. The number of nitrogens with zero attached hydrogens (tertiary/aromatic N) is 5. The number of para-hydroxylation sites is 3. The highest BCUT2D eigenvalue weighted by atomic mass is 16.5. The molecule has 9 aromatic rings. The third-order valence-electron chi connectivity index (χ3n) is 22.0. The van der Waals surface area contributed by atoms with Crippen LogP contribution in [0.3, 0.4) is 0 Å². The number of ketones is 1. The zero-order chi connectivity index (χ0) is 77.8. The highest BCUT2D eigenvalue weighted by Gasteiger charge is 2.45. The van der Waals surface area contributed by atoms with Gasteiger partial charge in [0.1, 0.15) is 43.1 Å². The van der Waals surface area contributed by atoms with Crippen molar-refractivity contribution in [3.05, 3.63) is 214 Å². The van der Waals surface area contributed by atoms with Crippen LogP contribution < -0.4 is 35.6 Å². The van der Waals surface area contributed by atoms with Crippen molar-refractivity contribution < 1.29 is 62.5 Å². The topological polar surface area (TPSA) is 279 Å². The molecule has 4 amide bonds. The molecule has 22 nitrogen and oxygen atoms in total. The Balaban J connectivity index is 0.000000151. The van der Waals surface area contributed by atoms with E-state index in [4.69, 9.17) is 23.7 Å². The van der Waals surface area contributed by atoms with Gasteiger partial charge in [0.25, 0.3) is 17.7 Å². The van der Waals surface area contributed by atoms with Gasteiger partial charge in [-0.15, -0.1) is 0 Å². The fourth-order valence-electron chi connectivity index (χ4n) is 15.6. The van der Waals surface area contributed by atoms with Crippen LogP contribution in [0.5, 0.6) is 17.2 Å². The van der Waals surface area contributed by atoms with Gasteiger partial charge in [-0.25, -0.2) is 5.48 Å². The molecule has 6 fully saturated rings. The van der Waals surface area contributed by atoms with E-state index in [9.17, 15) is 38.8 Å². The average Bonchev–Trinajstić information content (AvgIpc) is 0.800. The quantitative estimate of drug-likeness (QED) is 0.0239. The zero-order valence-corrected chi connectivity index (χ0v) is 64.3. The normalized spacial score (nSPS) is 20.7. The highest BCUT2D eigenvalue weighted by Crippen LogP contribution is 2.35. The average molecular weight is 1510 g/mol. The monoisotopic (exact) mass is 1510 g/mol. The van der Waals surface area contributed by atoms with E-state index < -0.39 is 35.7 Å². The molecular weight excluding hydrogens is 1400 g/mol. The van der Waals surface area contributed by atoms with Crippen LogP contribution in [-0.2, 0) is 48.5 Å². The van der Waals surface area contributed by atoms with Gasteiger partial charge in [-0.1, -0.05) is 93.1 Å². The lowest BCUT2D eigenvalue weighted by molar-refractivity contribution is -0.152. The van der Waals surface area contributed by atoms with Crippen molar-refractivity contribution in [2.45, 2.75) is 181 Å². The van der Waals surface area contributed by atoms with Crippen molar-refractivity contribution in [1.82, 2.24) is 46.2 Å². The van der Waals surface area contributed by atoms with Crippen LogP contribution in [0.1, 0.15) is 175 Å². The molecule has 3 aromatic heterocycles. The number of amides is 4. The van der Waals surface area contributed by atoms with E-state index in [0.717, 1.165) is 138 Å². The molecule has 582 valence electrons. The van der Waals surface area contributed by atoms with Gasteiger partial charge >= 0.3 is 11.9 Å². The van der Waals surface area contributed by atoms with Crippen LogP contribution in [-0.4, -0.2) is 141 Å². The maximum absolute atomic E-state index is 13.3. The number of rotatable bonds is 22. The number of hydrogen-bond donors (Lipinski definition) is 5. The molecule has 111 heavy (non-hydrogen) atoms. The third-order valence-corrected chi connectivity index (χ3v) is 22.0. The number of esters is 2. The Morgan fingerprint density at radius 3 is 1.14 bits per heavy atom. The lowest BCUT2D eigenvalue weighted by Crippen LogP contribution is -2.62. The van der Waals surface area contributed by atoms with E-state index >= 15 is 0 Å². The van der Waals surface area contributed by atoms with Gasteiger partial charge in [-0.05, 0) is 221 Å². The van der Waals surface area contributed by atoms with E-state index in [1.54, 1.807) is 73.1 Å². The SMILES string of the molecule is C1CCC1.CCOC(=O)[C@H]1CCCC(=O)C1NC(=O)c1ccc(OCc2cc(C)nc3ccccc23)cc1.CCOC(=O)[C@H]1CCC[C@@H](N2CCC2)C1NC(=O)c1ccc(OCc2cc(C)nc3ccccc23)cc1.Cc1cc(COc2ccc(C(=O)NC3[C@@H](C(=O)NO)CCC[C@H]3N3CCC3)cc2)c2ccccc2n1. The first kappa shape index (κ1) is 79.9. The van der Waals surface area contributed by atoms with Gasteiger partial charge < -0.3 is 39.6 Å². The van der Waals surface area contributed by atoms with Crippen molar-refractivity contribution in [1.29, 1.82) is 0 Å². The predicted molar refractivity (Wildman–Crippen MR) is 424 cm³/mol. The molecule has 5 N–H and O–H groups in total. The predicted octanol–water partition coefficient (Wildman–Crippen LogP) is 14.0. The number of carbonyl (C=O) groups is 7. The Hall–Kier alpha value is -10.7. The van der Waals surface area contributed by atoms with E-state index in [2.05, 4.69) is 46.8 Å². The van der Waals surface area contributed by atoms with Crippen LogP contribution in [0.15, 0.2) is 164 Å². The number of carbonyl (C=O) groups excluding carboxylic acids is 7. The largest absolute Gasteiger partial charge is 0.489 e. The zero-order valence-electron chi connectivity index (χ0n) is 64.3. The number of hydroxylamine groups is 1. The molecule has 0 spiro atoms. The van der Waals surface area contributed by atoms with Gasteiger partial charge in [0.05, 0.1) is 59.6 Å². The van der Waals surface area contributed by atoms with Crippen molar-refractivity contribution in [3.8, 4) is 17.2 Å². The first-order valence-corrected chi connectivity index (χ1v) is 39.5. The number of hydrogen-bond acceptors (Lipinski definition) is 18. The summed E-state index contributed by atoms with van der Waals surface area (Å²) in [6.45, 7) is 15.2. The summed E-state index contributed by atoms with van der Waals surface area (Å²) >= 11 is 0. The summed E-state index contributed by atoms with van der Waals surface area (Å²) in [4.78, 5) is 107. The number of aryl methyl sites for hydroxylation is 3. The number of pyridine rings is 3.